The van der Waals surface area contributed by atoms with Crippen LogP contribution in [0.5, 0.6) is 5.75 Å². The maximum Gasteiger partial charge on any atom is 0.405 e. The summed E-state index contributed by atoms with van der Waals surface area (Å²) in [6.45, 7) is 2.80. The van der Waals surface area contributed by atoms with E-state index in [1.165, 1.54) is 12.1 Å². The molecule has 2 rings (SSSR count). The molecule has 2 amide bonds. The number of carbonyl (C=O) groups excluding carboxylic acids is 1. The predicted molar refractivity (Wildman–Crippen MR) is 81.9 cm³/mol. The van der Waals surface area contributed by atoms with Crippen LogP contribution in [0.15, 0.2) is 24.3 Å². The first-order valence-corrected chi connectivity index (χ1v) is 7.70. The van der Waals surface area contributed by atoms with Gasteiger partial charge in [-0.1, -0.05) is 6.92 Å². The molecule has 126 valence electrons. The van der Waals surface area contributed by atoms with Crippen LogP contribution in [0, 0.1) is 5.82 Å². The third-order valence-corrected chi connectivity index (χ3v) is 3.87. The van der Waals surface area contributed by atoms with E-state index in [2.05, 4.69) is 5.32 Å². The molecule has 0 saturated carbocycles. The summed E-state index contributed by atoms with van der Waals surface area (Å²) in [5.74, 6) is 0.0968. The van der Waals surface area contributed by atoms with Crippen LogP contribution in [0.3, 0.4) is 0 Å². The Kier molecular flexibility index (Phi) is 5.78. The zero-order valence-electron chi connectivity index (χ0n) is 13.0. The molecule has 0 radical (unpaired) electrons. The van der Waals surface area contributed by atoms with Crippen LogP contribution in [-0.2, 0) is 4.79 Å². The van der Waals surface area contributed by atoms with E-state index in [1.807, 2.05) is 0 Å². The first-order chi connectivity index (χ1) is 11.0. The van der Waals surface area contributed by atoms with Gasteiger partial charge in [0, 0.05) is 25.9 Å². The molecular weight excluding hydrogens is 303 g/mol. The first-order valence-electron chi connectivity index (χ1n) is 7.70. The van der Waals surface area contributed by atoms with E-state index < -0.39 is 12.1 Å². The van der Waals surface area contributed by atoms with Crippen molar-refractivity contribution in [3.63, 3.8) is 0 Å². The molecule has 1 fully saturated rings. The number of hydrogen-bond donors (Lipinski definition) is 2. The van der Waals surface area contributed by atoms with Crippen molar-refractivity contribution in [3.05, 3.63) is 30.1 Å². The molecule has 1 aliphatic rings. The van der Waals surface area contributed by atoms with E-state index in [9.17, 15) is 14.0 Å². The summed E-state index contributed by atoms with van der Waals surface area (Å²) in [5.41, 5.74) is 0. The molecule has 1 atom stereocenters. The molecule has 1 aliphatic heterocycles. The molecule has 0 bridgehead atoms. The molecule has 1 saturated heterocycles. The number of benzene rings is 1. The first kappa shape index (κ1) is 17.1. The highest BCUT2D eigenvalue weighted by atomic mass is 19.1. The van der Waals surface area contributed by atoms with Gasteiger partial charge in [-0.05, 0) is 30.7 Å². The van der Waals surface area contributed by atoms with Crippen molar-refractivity contribution < 1.29 is 23.8 Å². The van der Waals surface area contributed by atoms with Gasteiger partial charge in [0.1, 0.15) is 23.7 Å². The molecule has 6 nitrogen and oxygen atoms in total. The Morgan fingerprint density at radius 3 is 2.48 bits per heavy atom. The lowest BCUT2D eigenvalue weighted by molar-refractivity contribution is -0.135. The number of nitrogens with zero attached hydrogens (tertiary/aromatic N) is 1. The number of amides is 2. The van der Waals surface area contributed by atoms with Gasteiger partial charge in [-0.25, -0.2) is 9.18 Å². The van der Waals surface area contributed by atoms with Gasteiger partial charge in [-0.2, -0.15) is 0 Å². The van der Waals surface area contributed by atoms with Crippen molar-refractivity contribution in [2.45, 2.75) is 38.3 Å². The number of carbonyl (C=O) groups is 2. The number of carboxylic acid groups (broad SMARTS) is 1. The van der Waals surface area contributed by atoms with Crippen LogP contribution in [0.4, 0.5) is 9.18 Å². The zero-order valence-corrected chi connectivity index (χ0v) is 13.0. The highest BCUT2D eigenvalue weighted by molar-refractivity contribution is 5.85. The van der Waals surface area contributed by atoms with Crippen molar-refractivity contribution in [1.82, 2.24) is 10.2 Å². The molecule has 0 unspecified atom stereocenters. The maximum absolute atomic E-state index is 12.9. The Labute approximate surface area is 134 Å². The Morgan fingerprint density at radius 2 is 1.96 bits per heavy atom. The molecule has 1 heterocycles. The van der Waals surface area contributed by atoms with Gasteiger partial charge < -0.3 is 20.1 Å². The van der Waals surface area contributed by atoms with Crippen molar-refractivity contribution in [1.29, 1.82) is 0 Å². The quantitative estimate of drug-likeness (QED) is 0.870. The molecule has 0 aliphatic carbocycles. The molecule has 7 heteroatoms. The fourth-order valence-corrected chi connectivity index (χ4v) is 2.61. The summed E-state index contributed by atoms with van der Waals surface area (Å²) in [6.07, 6.45) is 0.507. The van der Waals surface area contributed by atoms with E-state index in [-0.39, 0.29) is 17.8 Å². The second kappa shape index (κ2) is 7.80. The third-order valence-electron chi connectivity index (χ3n) is 3.87. The van der Waals surface area contributed by atoms with Crippen molar-refractivity contribution in [2.24, 2.45) is 0 Å². The summed E-state index contributed by atoms with van der Waals surface area (Å²) < 4.78 is 18.6. The van der Waals surface area contributed by atoms with Crippen LogP contribution in [-0.4, -0.2) is 47.2 Å². The Balaban J connectivity index is 1.84. The van der Waals surface area contributed by atoms with Gasteiger partial charge in [0.15, 0.2) is 0 Å². The highest BCUT2D eigenvalue weighted by Gasteiger charge is 2.28. The summed E-state index contributed by atoms with van der Waals surface area (Å²) in [6, 6.07) is 5.14. The smallest absolute Gasteiger partial charge is 0.405 e. The summed E-state index contributed by atoms with van der Waals surface area (Å²) in [4.78, 5) is 24.7. The standard InChI is InChI=1S/C16H21FN2O4/c1-2-14(18-16(21)22)15(20)19-9-7-13(8-10-19)23-12-5-3-11(17)4-6-12/h3-6,13-14,18H,2,7-10H2,1H3,(H,21,22)/t14-/m0/s1. The van der Waals surface area contributed by atoms with E-state index in [1.54, 1.807) is 24.0 Å². The fraction of sp³-hybridized carbons (Fsp3) is 0.500. The maximum atomic E-state index is 12.9. The van der Waals surface area contributed by atoms with Gasteiger partial charge in [0.2, 0.25) is 5.91 Å². The van der Waals surface area contributed by atoms with E-state index in [0.29, 0.717) is 38.1 Å². The topological polar surface area (TPSA) is 78.9 Å². The predicted octanol–water partition coefficient (Wildman–Crippen LogP) is 2.24. The second-order valence-electron chi connectivity index (χ2n) is 5.51. The van der Waals surface area contributed by atoms with Crippen molar-refractivity contribution in [3.8, 4) is 5.75 Å². The number of rotatable bonds is 5. The third kappa shape index (κ3) is 4.84. The summed E-state index contributed by atoms with van der Waals surface area (Å²) in [7, 11) is 0. The fourth-order valence-electron chi connectivity index (χ4n) is 2.61. The number of ether oxygens (including phenoxy) is 1. The van der Waals surface area contributed by atoms with Gasteiger partial charge in [0.05, 0.1) is 0 Å². The zero-order chi connectivity index (χ0) is 16.8. The Morgan fingerprint density at radius 1 is 1.35 bits per heavy atom. The second-order valence-corrected chi connectivity index (χ2v) is 5.51. The number of piperidine rings is 1. The average Bonchev–Trinajstić information content (AvgIpc) is 2.54. The van der Waals surface area contributed by atoms with E-state index in [0.717, 1.165) is 0 Å². The molecule has 2 N–H and O–H groups in total. The number of nitrogens with one attached hydrogen (secondary N) is 1. The Hall–Kier alpha value is -2.31. The van der Waals surface area contributed by atoms with Crippen LogP contribution in [0.1, 0.15) is 26.2 Å². The summed E-state index contributed by atoms with van der Waals surface area (Å²) >= 11 is 0. The van der Waals surface area contributed by atoms with Crippen molar-refractivity contribution >= 4 is 12.0 Å². The van der Waals surface area contributed by atoms with Crippen LogP contribution >= 0.6 is 0 Å². The van der Waals surface area contributed by atoms with Crippen LogP contribution in [0.2, 0.25) is 0 Å². The minimum atomic E-state index is -1.19. The van der Waals surface area contributed by atoms with Gasteiger partial charge in [-0.3, -0.25) is 4.79 Å². The lowest BCUT2D eigenvalue weighted by Gasteiger charge is -2.34. The van der Waals surface area contributed by atoms with Gasteiger partial charge in [-0.15, -0.1) is 0 Å². The van der Waals surface area contributed by atoms with Gasteiger partial charge in [0.25, 0.3) is 0 Å². The minimum Gasteiger partial charge on any atom is -0.490 e. The monoisotopic (exact) mass is 324 g/mol. The van der Waals surface area contributed by atoms with E-state index in [4.69, 9.17) is 9.84 Å². The average molecular weight is 324 g/mol. The lowest BCUT2D eigenvalue weighted by atomic mass is 10.1. The number of likely N-dealkylation sites (tertiary alicyclic amines) is 1. The van der Waals surface area contributed by atoms with Crippen molar-refractivity contribution in [2.75, 3.05) is 13.1 Å². The molecule has 23 heavy (non-hydrogen) atoms. The minimum absolute atomic E-state index is 0.0305. The van der Waals surface area contributed by atoms with E-state index >= 15 is 0 Å². The molecule has 0 aromatic heterocycles. The largest absolute Gasteiger partial charge is 0.490 e. The Bertz CT molecular complexity index is 542. The highest BCUT2D eigenvalue weighted by Crippen LogP contribution is 2.20. The summed E-state index contributed by atoms with van der Waals surface area (Å²) in [5, 5.41) is 11.0. The van der Waals surface area contributed by atoms with Crippen LogP contribution in [0.25, 0.3) is 0 Å². The van der Waals surface area contributed by atoms with Crippen LogP contribution < -0.4 is 10.1 Å². The molecular formula is C16H21FN2O4. The lowest BCUT2D eigenvalue weighted by Crippen LogP contribution is -2.51. The number of hydrogen-bond acceptors (Lipinski definition) is 3. The molecule has 1 aromatic carbocycles. The normalized spacial score (nSPS) is 16.7. The van der Waals surface area contributed by atoms with Gasteiger partial charge >= 0.3 is 6.09 Å². The SMILES string of the molecule is CC[C@H](NC(=O)O)C(=O)N1CCC(Oc2ccc(F)cc2)CC1. The molecule has 1 aromatic rings. The number of halogens is 1. The molecule has 0 spiro atoms.